The third kappa shape index (κ3) is 4.02. The number of hydrogen-bond acceptors (Lipinski definition) is 6. The van der Waals surface area contributed by atoms with Crippen LogP contribution in [0.25, 0.3) is 0 Å². The minimum atomic E-state index is -4.00. The van der Waals surface area contributed by atoms with E-state index in [1.54, 1.807) is 31.3 Å². The SMILES string of the molecule is Cc1cccc([N+](=O)[O-])c1S(=O)(=O)N1CCC(NC(=O)c2cccnc2)CC1. The fraction of sp³-hybridized carbons (Fsp3) is 0.333. The van der Waals surface area contributed by atoms with Crippen molar-refractivity contribution < 1.29 is 18.1 Å². The lowest BCUT2D eigenvalue weighted by atomic mass is 10.1. The van der Waals surface area contributed by atoms with Crippen LogP contribution in [-0.2, 0) is 10.0 Å². The number of nitrogens with zero attached hydrogens (tertiary/aromatic N) is 3. The fourth-order valence-electron chi connectivity index (χ4n) is 3.25. The van der Waals surface area contributed by atoms with Gasteiger partial charge in [0.25, 0.3) is 11.6 Å². The molecule has 2 aromatic rings. The van der Waals surface area contributed by atoms with Gasteiger partial charge in [-0.3, -0.25) is 19.9 Å². The molecule has 0 radical (unpaired) electrons. The molecule has 1 fully saturated rings. The first-order valence-corrected chi connectivity index (χ1v) is 10.2. The number of sulfonamides is 1. The molecule has 10 heteroatoms. The normalized spacial score (nSPS) is 15.9. The van der Waals surface area contributed by atoms with Gasteiger partial charge in [-0.1, -0.05) is 12.1 Å². The van der Waals surface area contributed by atoms with Crippen molar-refractivity contribution in [3.63, 3.8) is 0 Å². The number of carbonyl (C=O) groups is 1. The molecule has 148 valence electrons. The Balaban J connectivity index is 1.71. The van der Waals surface area contributed by atoms with E-state index in [1.807, 2.05) is 0 Å². The number of benzene rings is 1. The fourth-order valence-corrected chi connectivity index (χ4v) is 5.08. The second-order valence-corrected chi connectivity index (χ2v) is 8.45. The van der Waals surface area contributed by atoms with Crippen LogP contribution in [0, 0.1) is 17.0 Å². The van der Waals surface area contributed by atoms with Crippen LogP contribution in [0.1, 0.15) is 28.8 Å². The topological polar surface area (TPSA) is 123 Å². The van der Waals surface area contributed by atoms with E-state index in [0.29, 0.717) is 24.0 Å². The first-order chi connectivity index (χ1) is 13.3. The molecule has 0 saturated carbocycles. The molecule has 0 bridgehead atoms. The molecule has 1 aliphatic heterocycles. The van der Waals surface area contributed by atoms with Crippen LogP contribution in [0.4, 0.5) is 5.69 Å². The molecular weight excluding hydrogens is 384 g/mol. The molecule has 1 aromatic heterocycles. The molecule has 0 unspecified atom stereocenters. The van der Waals surface area contributed by atoms with Gasteiger partial charge in [-0.25, -0.2) is 8.42 Å². The minimum Gasteiger partial charge on any atom is -0.349 e. The van der Waals surface area contributed by atoms with Gasteiger partial charge in [-0.15, -0.1) is 0 Å². The summed E-state index contributed by atoms with van der Waals surface area (Å²) in [5.74, 6) is -0.260. The molecule has 0 atom stereocenters. The zero-order valence-corrected chi connectivity index (χ0v) is 16.1. The van der Waals surface area contributed by atoms with E-state index < -0.39 is 20.6 Å². The Morgan fingerprint density at radius 1 is 1.25 bits per heavy atom. The molecule has 9 nitrogen and oxygen atoms in total. The standard InChI is InChI=1S/C18H20N4O5S/c1-13-4-2-6-16(22(24)25)17(13)28(26,27)21-10-7-15(8-11-21)20-18(23)14-5-3-9-19-12-14/h2-6,9,12,15H,7-8,10-11H2,1H3,(H,20,23). The van der Waals surface area contributed by atoms with Gasteiger partial charge in [-0.2, -0.15) is 4.31 Å². The molecule has 1 N–H and O–H groups in total. The average Bonchev–Trinajstić information content (AvgIpc) is 2.68. The molecule has 1 amide bonds. The number of nitro groups is 1. The maximum absolute atomic E-state index is 13.0. The Hall–Kier alpha value is -2.85. The lowest BCUT2D eigenvalue weighted by molar-refractivity contribution is -0.387. The molecule has 1 saturated heterocycles. The molecule has 1 aromatic carbocycles. The summed E-state index contributed by atoms with van der Waals surface area (Å²) in [6.07, 6.45) is 3.88. The van der Waals surface area contributed by atoms with Crippen LogP contribution >= 0.6 is 0 Å². The number of amides is 1. The van der Waals surface area contributed by atoms with Crippen molar-refractivity contribution >= 4 is 21.6 Å². The summed E-state index contributed by atoms with van der Waals surface area (Å²) >= 11 is 0. The Morgan fingerprint density at radius 3 is 2.57 bits per heavy atom. The number of nitrogens with one attached hydrogen (secondary N) is 1. The Kier molecular flexibility index (Phi) is 5.71. The summed E-state index contributed by atoms with van der Waals surface area (Å²) in [6, 6.07) is 7.35. The summed E-state index contributed by atoms with van der Waals surface area (Å²) in [5, 5.41) is 14.2. The van der Waals surface area contributed by atoms with Crippen LogP contribution in [0.15, 0.2) is 47.6 Å². The van der Waals surface area contributed by atoms with Crippen molar-refractivity contribution in [3.8, 4) is 0 Å². The van der Waals surface area contributed by atoms with E-state index in [4.69, 9.17) is 0 Å². The second-order valence-electron chi connectivity index (χ2n) is 6.57. The van der Waals surface area contributed by atoms with E-state index in [2.05, 4.69) is 10.3 Å². The predicted octanol–water partition coefficient (Wildman–Crippen LogP) is 1.88. The Bertz CT molecular complexity index is 986. The first kappa shape index (κ1) is 19.9. The highest BCUT2D eigenvalue weighted by Crippen LogP contribution is 2.31. The van der Waals surface area contributed by atoms with E-state index >= 15 is 0 Å². The highest BCUT2D eigenvalue weighted by atomic mass is 32.2. The Morgan fingerprint density at radius 2 is 1.96 bits per heavy atom. The third-order valence-corrected chi connectivity index (χ3v) is 6.79. The van der Waals surface area contributed by atoms with Gasteiger partial charge in [0.05, 0.1) is 10.5 Å². The van der Waals surface area contributed by atoms with Gasteiger partial charge in [0.1, 0.15) is 0 Å². The summed E-state index contributed by atoms with van der Waals surface area (Å²) in [4.78, 5) is 26.5. The van der Waals surface area contributed by atoms with Gasteiger partial charge in [-0.05, 0) is 37.5 Å². The largest absolute Gasteiger partial charge is 0.349 e. The highest BCUT2D eigenvalue weighted by molar-refractivity contribution is 7.89. The number of aryl methyl sites for hydroxylation is 1. The van der Waals surface area contributed by atoms with Crippen molar-refractivity contribution in [2.24, 2.45) is 0 Å². The van der Waals surface area contributed by atoms with Gasteiger partial charge in [0.15, 0.2) is 4.90 Å². The van der Waals surface area contributed by atoms with Crippen LogP contribution in [-0.4, -0.2) is 47.7 Å². The molecule has 28 heavy (non-hydrogen) atoms. The summed E-state index contributed by atoms with van der Waals surface area (Å²) in [7, 11) is -4.00. The molecule has 2 heterocycles. The van der Waals surface area contributed by atoms with Crippen LogP contribution in [0.3, 0.4) is 0 Å². The highest BCUT2D eigenvalue weighted by Gasteiger charge is 2.35. The van der Waals surface area contributed by atoms with Gasteiger partial charge in [0.2, 0.25) is 10.0 Å². The predicted molar refractivity (Wildman–Crippen MR) is 101 cm³/mol. The van der Waals surface area contributed by atoms with Crippen LogP contribution in [0.5, 0.6) is 0 Å². The number of carbonyl (C=O) groups excluding carboxylic acids is 1. The second kappa shape index (κ2) is 8.03. The number of piperidine rings is 1. The zero-order valence-electron chi connectivity index (χ0n) is 15.2. The van der Waals surface area contributed by atoms with Gasteiger partial charge in [0, 0.05) is 37.6 Å². The van der Waals surface area contributed by atoms with Crippen molar-refractivity contribution in [2.45, 2.75) is 30.7 Å². The number of rotatable bonds is 5. The van der Waals surface area contributed by atoms with Crippen molar-refractivity contribution in [1.29, 1.82) is 0 Å². The number of hydrogen-bond donors (Lipinski definition) is 1. The van der Waals surface area contributed by atoms with E-state index in [1.165, 1.54) is 22.6 Å². The summed E-state index contributed by atoms with van der Waals surface area (Å²) in [5.41, 5.74) is 0.348. The van der Waals surface area contributed by atoms with Crippen molar-refractivity contribution in [2.75, 3.05) is 13.1 Å². The van der Waals surface area contributed by atoms with E-state index in [0.717, 1.165) is 0 Å². The zero-order chi connectivity index (χ0) is 20.3. The maximum Gasteiger partial charge on any atom is 0.289 e. The quantitative estimate of drug-likeness (QED) is 0.600. The number of aromatic nitrogens is 1. The lowest BCUT2D eigenvalue weighted by Crippen LogP contribution is -2.46. The maximum atomic E-state index is 13.0. The van der Waals surface area contributed by atoms with Gasteiger partial charge >= 0.3 is 0 Å². The lowest BCUT2D eigenvalue weighted by Gasteiger charge is -2.31. The molecule has 0 aliphatic carbocycles. The summed E-state index contributed by atoms with van der Waals surface area (Å²) < 4.78 is 27.3. The molecule has 1 aliphatic rings. The minimum absolute atomic E-state index is 0.172. The van der Waals surface area contributed by atoms with Crippen LogP contribution in [0.2, 0.25) is 0 Å². The van der Waals surface area contributed by atoms with Crippen LogP contribution < -0.4 is 5.32 Å². The van der Waals surface area contributed by atoms with Gasteiger partial charge < -0.3 is 5.32 Å². The smallest absolute Gasteiger partial charge is 0.289 e. The molecular formula is C18H20N4O5S. The monoisotopic (exact) mass is 404 g/mol. The van der Waals surface area contributed by atoms with E-state index in [-0.39, 0.29) is 29.9 Å². The Labute approximate surface area is 162 Å². The number of nitro benzene ring substituents is 1. The number of pyridine rings is 1. The molecule has 3 rings (SSSR count). The first-order valence-electron chi connectivity index (χ1n) is 8.75. The average molecular weight is 404 g/mol. The van der Waals surface area contributed by atoms with Crippen molar-refractivity contribution in [3.05, 3.63) is 64.0 Å². The summed E-state index contributed by atoms with van der Waals surface area (Å²) in [6.45, 7) is 1.89. The molecule has 0 spiro atoms. The van der Waals surface area contributed by atoms with E-state index in [9.17, 15) is 23.3 Å². The third-order valence-electron chi connectivity index (χ3n) is 4.70. The van der Waals surface area contributed by atoms with Crippen molar-refractivity contribution in [1.82, 2.24) is 14.6 Å².